The van der Waals surface area contributed by atoms with Crippen molar-refractivity contribution in [1.82, 2.24) is 4.90 Å². The van der Waals surface area contributed by atoms with E-state index in [4.69, 9.17) is 15.3 Å². The van der Waals surface area contributed by atoms with Crippen LogP contribution in [0.15, 0.2) is 12.3 Å². The molecule has 0 unspecified atom stereocenters. The Balaban J connectivity index is 4.13. The number of rotatable bonds is 7. The maximum atomic E-state index is 11.0. The molecule has 0 amide bonds. The summed E-state index contributed by atoms with van der Waals surface area (Å²) in [5.41, 5.74) is 0. The first-order valence-electron chi connectivity index (χ1n) is 5.07. The number of esters is 1. The molecule has 0 aliphatic rings. The van der Waals surface area contributed by atoms with E-state index in [1.165, 1.54) is 6.08 Å². The number of hydrogen-bond donors (Lipinski definition) is 0. The molecule has 0 bridgehead atoms. The molecule has 0 radical (unpaired) electrons. The largest absolute Gasteiger partial charge is 0.463 e. The highest BCUT2D eigenvalue weighted by Gasteiger charge is 2.00. The SMILES string of the molecule is CCOC(=O)/C=C/N(CCC#N)CCC#N. The Bertz CT molecular complexity index is 294. The minimum Gasteiger partial charge on any atom is -0.463 e. The monoisotopic (exact) mass is 221 g/mol. The molecule has 0 rings (SSSR count). The molecule has 16 heavy (non-hydrogen) atoms. The average Bonchev–Trinajstić information content (AvgIpc) is 2.28. The van der Waals surface area contributed by atoms with Crippen LogP contribution in [0.25, 0.3) is 0 Å². The fourth-order valence-electron chi connectivity index (χ4n) is 1.00. The fourth-order valence-corrected chi connectivity index (χ4v) is 1.00. The molecule has 86 valence electrons. The molecular formula is C11H15N3O2. The van der Waals surface area contributed by atoms with Crippen molar-refractivity contribution in [3.63, 3.8) is 0 Å². The molecule has 5 heteroatoms. The van der Waals surface area contributed by atoms with Crippen molar-refractivity contribution in [2.45, 2.75) is 19.8 Å². The summed E-state index contributed by atoms with van der Waals surface area (Å²) in [6.45, 7) is 3.08. The first-order chi connectivity index (χ1) is 7.74. The smallest absolute Gasteiger partial charge is 0.332 e. The topological polar surface area (TPSA) is 77.1 Å². The zero-order chi connectivity index (χ0) is 12.2. The zero-order valence-corrected chi connectivity index (χ0v) is 9.35. The molecule has 0 saturated carbocycles. The summed E-state index contributed by atoms with van der Waals surface area (Å²) >= 11 is 0. The normalized spacial score (nSPS) is 9.44. The minimum absolute atomic E-state index is 0.333. The lowest BCUT2D eigenvalue weighted by Gasteiger charge is -2.16. The standard InChI is InChI=1S/C11H15N3O2/c1-2-16-11(15)5-10-14(8-3-6-12)9-4-7-13/h5,10H,2-4,8-9H2,1H3/b10-5+. The van der Waals surface area contributed by atoms with E-state index in [1.54, 1.807) is 18.0 Å². The Labute approximate surface area is 95.5 Å². The number of carbonyl (C=O) groups excluding carboxylic acids is 1. The highest BCUT2D eigenvalue weighted by atomic mass is 16.5. The fraction of sp³-hybridized carbons (Fsp3) is 0.545. The van der Waals surface area contributed by atoms with Crippen LogP contribution in [-0.2, 0) is 9.53 Å². The third kappa shape index (κ3) is 7.40. The summed E-state index contributed by atoms with van der Waals surface area (Å²) in [5, 5.41) is 16.9. The second-order valence-corrected chi connectivity index (χ2v) is 2.92. The molecule has 0 spiro atoms. The molecule has 0 heterocycles. The molecule has 0 aromatic rings. The number of carbonyl (C=O) groups is 1. The Morgan fingerprint density at radius 2 is 1.88 bits per heavy atom. The summed E-state index contributed by atoms with van der Waals surface area (Å²) in [7, 11) is 0. The van der Waals surface area contributed by atoms with Crippen LogP contribution in [0.2, 0.25) is 0 Å². The van der Waals surface area contributed by atoms with E-state index in [0.29, 0.717) is 32.5 Å². The first kappa shape index (κ1) is 14.0. The van der Waals surface area contributed by atoms with Gasteiger partial charge in [-0.25, -0.2) is 4.79 Å². The third-order valence-corrected chi connectivity index (χ3v) is 1.73. The summed E-state index contributed by atoms with van der Waals surface area (Å²) in [6.07, 6.45) is 3.59. The molecule has 0 aliphatic heterocycles. The predicted molar refractivity (Wildman–Crippen MR) is 57.8 cm³/mol. The van der Waals surface area contributed by atoms with Gasteiger partial charge in [0, 0.05) is 25.4 Å². The van der Waals surface area contributed by atoms with Crippen LogP contribution in [0.1, 0.15) is 19.8 Å². The average molecular weight is 221 g/mol. The number of hydrogen-bond acceptors (Lipinski definition) is 5. The molecule has 5 nitrogen and oxygen atoms in total. The first-order valence-corrected chi connectivity index (χ1v) is 5.07. The molecule has 0 saturated heterocycles. The third-order valence-electron chi connectivity index (χ3n) is 1.73. The zero-order valence-electron chi connectivity index (χ0n) is 9.35. The van der Waals surface area contributed by atoms with Crippen LogP contribution in [0.3, 0.4) is 0 Å². The van der Waals surface area contributed by atoms with E-state index < -0.39 is 5.97 Å². The van der Waals surface area contributed by atoms with Gasteiger partial charge < -0.3 is 9.64 Å². The van der Waals surface area contributed by atoms with Gasteiger partial charge in [-0.15, -0.1) is 0 Å². The van der Waals surface area contributed by atoms with Crippen molar-refractivity contribution in [3.05, 3.63) is 12.3 Å². The lowest BCUT2D eigenvalue weighted by Crippen LogP contribution is -2.20. The van der Waals surface area contributed by atoms with Crippen molar-refractivity contribution in [2.24, 2.45) is 0 Å². The Morgan fingerprint density at radius 1 is 1.31 bits per heavy atom. The van der Waals surface area contributed by atoms with Crippen molar-refractivity contribution in [2.75, 3.05) is 19.7 Å². The second-order valence-electron chi connectivity index (χ2n) is 2.92. The lowest BCUT2D eigenvalue weighted by atomic mass is 10.3. The quantitative estimate of drug-likeness (QED) is 0.476. The van der Waals surface area contributed by atoms with Crippen LogP contribution < -0.4 is 0 Å². The maximum absolute atomic E-state index is 11.0. The molecule has 0 atom stereocenters. The molecule has 0 aliphatic carbocycles. The second kappa shape index (κ2) is 9.54. The van der Waals surface area contributed by atoms with Gasteiger partial charge in [0.2, 0.25) is 0 Å². The van der Waals surface area contributed by atoms with Gasteiger partial charge in [-0.2, -0.15) is 10.5 Å². The molecule has 0 fully saturated rings. The van der Waals surface area contributed by atoms with Crippen LogP contribution in [0.4, 0.5) is 0 Å². The number of nitrogens with zero attached hydrogens (tertiary/aromatic N) is 3. The Morgan fingerprint density at radius 3 is 2.31 bits per heavy atom. The van der Waals surface area contributed by atoms with Crippen LogP contribution in [0.5, 0.6) is 0 Å². The van der Waals surface area contributed by atoms with Crippen molar-refractivity contribution in [3.8, 4) is 12.1 Å². The van der Waals surface area contributed by atoms with Gasteiger partial charge >= 0.3 is 5.97 Å². The summed E-state index contributed by atoms with van der Waals surface area (Å²) < 4.78 is 4.72. The van der Waals surface area contributed by atoms with Crippen molar-refractivity contribution >= 4 is 5.97 Å². The Hall–Kier alpha value is -2.01. The van der Waals surface area contributed by atoms with Gasteiger partial charge in [-0.3, -0.25) is 0 Å². The number of nitriles is 2. The van der Waals surface area contributed by atoms with Crippen molar-refractivity contribution in [1.29, 1.82) is 10.5 Å². The van der Waals surface area contributed by atoms with E-state index in [9.17, 15) is 4.79 Å². The highest BCUT2D eigenvalue weighted by Crippen LogP contribution is 1.95. The number of ether oxygens (including phenoxy) is 1. The van der Waals surface area contributed by atoms with Crippen LogP contribution >= 0.6 is 0 Å². The summed E-state index contributed by atoms with van der Waals surface area (Å²) in [5.74, 6) is -0.415. The van der Waals surface area contributed by atoms with Gasteiger partial charge in [-0.1, -0.05) is 0 Å². The van der Waals surface area contributed by atoms with E-state index in [2.05, 4.69) is 0 Å². The molecular weight excluding hydrogens is 206 g/mol. The van der Waals surface area contributed by atoms with Gasteiger partial charge in [0.05, 0.1) is 31.6 Å². The highest BCUT2D eigenvalue weighted by molar-refractivity contribution is 5.81. The van der Waals surface area contributed by atoms with Gasteiger partial charge in [-0.05, 0) is 6.92 Å². The Kier molecular flexibility index (Phi) is 8.34. The van der Waals surface area contributed by atoms with Gasteiger partial charge in [0.1, 0.15) is 0 Å². The van der Waals surface area contributed by atoms with Crippen LogP contribution in [-0.4, -0.2) is 30.6 Å². The summed E-state index contributed by atoms with van der Waals surface area (Å²) in [6, 6.07) is 4.03. The van der Waals surface area contributed by atoms with E-state index in [1.807, 2.05) is 12.1 Å². The molecule has 0 aromatic carbocycles. The van der Waals surface area contributed by atoms with Crippen LogP contribution in [0, 0.1) is 22.7 Å². The van der Waals surface area contributed by atoms with E-state index >= 15 is 0 Å². The predicted octanol–water partition coefficient (Wildman–Crippen LogP) is 1.19. The van der Waals surface area contributed by atoms with Crippen molar-refractivity contribution < 1.29 is 9.53 Å². The minimum atomic E-state index is -0.415. The summed E-state index contributed by atoms with van der Waals surface area (Å²) in [4.78, 5) is 12.8. The van der Waals surface area contributed by atoms with Gasteiger partial charge in [0.15, 0.2) is 0 Å². The van der Waals surface area contributed by atoms with E-state index in [-0.39, 0.29) is 0 Å². The van der Waals surface area contributed by atoms with Gasteiger partial charge in [0.25, 0.3) is 0 Å². The maximum Gasteiger partial charge on any atom is 0.332 e. The molecule has 0 aromatic heterocycles. The molecule has 0 N–H and O–H groups in total. The lowest BCUT2D eigenvalue weighted by molar-refractivity contribution is -0.137. The van der Waals surface area contributed by atoms with E-state index in [0.717, 1.165) is 0 Å².